The summed E-state index contributed by atoms with van der Waals surface area (Å²) in [7, 11) is 0. The monoisotopic (exact) mass is 375 g/mol. The zero-order chi connectivity index (χ0) is 19.3. The molecule has 1 aromatic heterocycles. The molecular weight excluding hydrogens is 354 g/mol. The molecule has 2 amide bonds. The van der Waals surface area contributed by atoms with Crippen molar-refractivity contribution in [2.24, 2.45) is 0 Å². The second kappa shape index (κ2) is 8.08. The molecule has 2 aromatic carbocycles. The van der Waals surface area contributed by atoms with Gasteiger partial charge in [-0.15, -0.1) is 0 Å². The minimum atomic E-state index is -0.0843. The van der Waals surface area contributed by atoms with Crippen LogP contribution in [-0.4, -0.2) is 34.8 Å². The molecule has 6 nitrogen and oxygen atoms in total. The maximum Gasteiger partial charge on any atom is 0.275 e. The minimum Gasteiger partial charge on any atom is -0.444 e. The summed E-state index contributed by atoms with van der Waals surface area (Å²) < 4.78 is 5.47. The highest BCUT2D eigenvalue weighted by molar-refractivity contribution is 5.92. The van der Waals surface area contributed by atoms with E-state index in [4.69, 9.17) is 4.42 Å². The number of hydrogen-bond acceptors (Lipinski definition) is 4. The molecule has 6 heteroatoms. The van der Waals surface area contributed by atoms with Gasteiger partial charge in [0.2, 0.25) is 11.8 Å². The molecule has 28 heavy (non-hydrogen) atoms. The molecule has 1 saturated heterocycles. The lowest BCUT2D eigenvalue weighted by atomic mass is 10.1. The van der Waals surface area contributed by atoms with Gasteiger partial charge in [-0.3, -0.25) is 9.59 Å². The third kappa shape index (κ3) is 4.11. The summed E-state index contributed by atoms with van der Waals surface area (Å²) in [6.45, 7) is 2.02. The second-order valence-electron chi connectivity index (χ2n) is 6.82. The summed E-state index contributed by atoms with van der Waals surface area (Å²) in [5, 5.41) is 2.92. The topological polar surface area (TPSA) is 75.4 Å². The molecule has 2 heterocycles. The molecule has 0 saturated carbocycles. The van der Waals surface area contributed by atoms with Gasteiger partial charge in [-0.05, 0) is 29.7 Å². The van der Waals surface area contributed by atoms with Crippen LogP contribution in [0, 0.1) is 0 Å². The van der Waals surface area contributed by atoms with Crippen LogP contribution in [0.4, 0.5) is 0 Å². The fourth-order valence-corrected chi connectivity index (χ4v) is 3.00. The van der Waals surface area contributed by atoms with E-state index in [9.17, 15) is 9.59 Å². The standard InChI is InChI=1S/C22H21N3O3/c26-20(13-16-5-2-1-3-6-16)23-14-17-7-9-18(10-8-17)21-24-19(15-28-21)22(27)25-11-4-12-25/h1-3,5-10,15H,4,11-14H2,(H,23,26). The van der Waals surface area contributed by atoms with Crippen molar-refractivity contribution in [2.75, 3.05) is 13.1 Å². The van der Waals surface area contributed by atoms with E-state index in [2.05, 4.69) is 10.3 Å². The molecule has 1 N–H and O–H groups in total. The fourth-order valence-electron chi connectivity index (χ4n) is 3.00. The van der Waals surface area contributed by atoms with Gasteiger partial charge in [-0.2, -0.15) is 0 Å². The highest BCUT2D eigenvalue weighted by atomic mass is 16.3. The van der Waals surface area contributed by atoms with Gasteiger partial charge in [0.15, 0.2) is 5.69 Å². The van der Waals surface area contributed by atoms with Crippen LogP contribution in [-0.2, 0) is 17.8 Å². The van der Waals surface area contributed by atoms with Crippen molar-refractivity contribution < 1.29 is 14.0 Å². The number of nitrogens with one attached hydrogen (secondary N) is 1. The predicted molar refractivity (Wildman–Crippen MR) is 104 cm³/mol. The Bertz CT molecular complexity index is 960. The van der Waals surface area contributed by atoms with Crippen LogP contribution in [0.2, 0.25) is 0 Å². The molecule has 3 aromatic rings. The summed E-state index contributed by atoms with van der Waals surface area (Å²) in [5.41, 5.74) is 3.10. The SMILES string of the molecule is O=C(Cc1ccccc1)NCc1ccc(-c2nc(C(=O)N3CCC3)co2)cc1. The van der Waals surface area contributed by atoms with Crippen molar-refractivity contribution in [1.82, 2.24) is 15.2 Å². The van der Waals surface area contributed by atoms with Gasteiger partial charge in [0, 0.05) is 25.2 Å². The third-order valence-corrected chi connectivity index (χ3v) is 4.76. The average molecular weight is 375 g/mol. The average Bonchev–Trinajstić information content (AvgIpc) is 3.16. The van der Waals surface area contributed by atoms with Gasteiger partial charge in [-0.25, -0.2) is 4.98 Å². The lowest BCUT2D eigenvalue weighted by molar-refractivity contribution is -0.120. The Balaban J connectivity index is 1.33. The van der Waals surface area contributed by atoms with Crippen molar-refractivity contribution in [3.05, 3.63) is 77.7 Å². The number of rotatable bonds is 6. The number of likely N-dealkylation sites (tertiary alicyclic amines) is 1. The van der Waals surface area contributed by atoms with Gasteiger partial charge in [0.1, 0.15) is 6.26 Å². The van der Waals surface area contributed by atoms with Crippen molar-refractivity contribution in [3.63, 3.8) is 0 Å². The van der Waals surface area contributed by atoms with Gasteiger partial charge in [0.05, 0.1) is 6.42 Å². The summed E-state index contributed by atoms with van der Waals surface area (Å²) in [4.78, 5) is 30.3. The molecule has 0 aliphatic carbocycles. The van der Waals surface area contributed by atoms with Crippen LogP contribution < -0.4 is 5.32 Å². The molecule has 1 aliphatic heterocycles. The third-order valence-electron chi connectivity index (χ3n) is 4.76. The molecule has 1 fully saturated rings. The van der Waals surface area contributed by atoms with E-state index < -0.39 is 0 Å². The molecule has 0 unspecified atom stereocenters. The number of carbonyl (C=O) groups is 2. The molecule has 142 valence electrons. The van der Waals surface area contributed by atoms with Crippen LogP contribution in [0.1, 0.15) is 28.0 Å². The lowest BCUT2D eigenvalue weighted by Crippen LogP contribution is -2.42. The lowest BCUT2D eigenvalue weighted by Gasteiger charge is -2.29. The number of carbonyl (C=O) groups excluding carboxylic acids is 2. The summed E-state index contributed by atoms with van der Waals surface area (Å²) >= 11 is 0. The smallest absolute Gasteiger partial charge is 0.275 e. The highest BCUT2D eigenvalue weighted by Gasteiger charge is 2.24. The van der Waals surface area contributed by atoms with Gasteiger partial charge in [-0.1, -0.05) is 42.5 Å². The van der Waals surface area contributed by atoms with Crippen LogP contribution in [0.3, 0.4) is 0 Å². The normalized spacial score (nSPS) is 13.1. The Hall–Kier alpha value is -3.41. The molecule has 0 bridgehead atoms. The van der Waals surface area contributed by atoms with Crippen LogP contribution in [0.5, 0.6) is 0 Å². The van der Waals surface area contributed by atoms with Crippen molar-refractivity contribution in [3.8, 4) is 11.5 Å². The fraction of sp³-hybridized carbons (Fsp3) is 0.227. The molecule has 0 radical (unpaired) electrons. The van der Waals surface area contributed by atoms with Gasteiger partial charge < -0.3 is 14.6 Å². The Labute approximate surface area is 163 Å². The number of oxazole rings is 1. The number of aromatic nitrogens is 1. The maximum absolute atomic E-state index is 12.2. The first kappa shape index (κ1) is 18.0. The number of benzene rings is 2. The van der Waals surface area contributed by atoms with E-state index in [1.807, 2.05) is 54.6 Å². The summed E-state index contributed by atoms with van der Waals surface area (Å²) in [6, 6.07) is 17.2. The van der Waals surface area contributed by atoms with E-state index in [1.54, 1.807) is 4.90 Å². The van der Waals surface area contributed by atoms with Crippen LogP contribution in [0.25, 0.3) is 11.5 Å². The van der Waals surface area contributed by atoms with E-state index in [0.29, 0.717) is 24.6 Å². The Morgan fingerprint density at radius 2 is 1.75 bits per heavy atom. The van der Waals surface area contributed by atoms with E-state index in [-0.39, 0.29) is 11.8 Å². The Morgan fingerprint density at radius 1 is 1.00 bits per heavy atom. The predicted octanol–water partition coefficient (Wildman–Crippen LogP) is 3.05. The van der Waals surface area contributed by atoms with Crippen molar-refractivity contribution >= 4 is 11.8 Å². The molecule has 0 atom stereocenters. The number of nitrogens with zero attached hydrogens (tertiary/aromatic N) is 2. The zero-order valence-electron chi connectivity index (χ0n) is 15.4. The maximum atomic E-state index is 12.2. The van der Waals surface area contributed by atoms with Crippen molar-refractivity contribution in [1.29, 1.82) is 0 Å². The number of hydrogen-bond donors (Lipinski definition) is 1. The molecular formula is C22H21N3O3. The summed E-state index contributed by atoms with van der Waals surface area (Å²) in [5.74, 6) is 0.319. The first-order chi connectivity index (χ1) is 13.7. The van der Waals surface area contributed by atoms with Gasteiger partial charge in [0.25, 0.3) is 5.91 Å². The van der Waals surface area contributed by atoms with Crippen molar-refractivity contribution in [2.45, 2.75) is 19.4 Å². The van der Waals surface area contributed by atoms with Crippen LogP contribution >= 0.6 is 0 Å². The van der Waals surface area contributed by atoms with Gasteiger partial charge >= 0.3 is 0 Å². The Morgan fingerprint density at radius 3 is 2.43 bits per heavy atom. The molecule has 1 aliphatic rings. The number of amides is 2. The summed E-state index contributed by atoms with van der Waals surface area (Å²) in [6.07, 6.45) is 2.82. The highest BCUT2D eigenvalue weighted by Crippen LogP contribution is 2.21. The molecule has 4 rings (SSSR count). The Kier molecular flexibility index (Phi) is 5.19. The first-order valence-electron chi connectivity index (χ1n) is 9.34. The second-order valence-corrected chi connectivity index (χ2v) is 6.82. The van der Waals surface area contributed by atoms with E-state index in [0.717, 1.165) is 36.2 Å². The molecule has 0 spiro atoms. The largest absolute Gasteiger partial charge is 0.444 e. The van der Waals surface area contributed by atoms with E-state index in [1.165, 1.54) is 6.26 Å². The van der Waals surface area contributed by atoms with Crippen LogP contribution in [0.15, 0.2) is 65.3 Å². The minimum absolute atomic E-state index is 0.0165. The van der Waals surface area contributed by atoms with E-state index >= 15 is 0 Å². The zero-order valence-corrected chi connectivity index (χ0v) is 15.4. The first-order valence-corrected chi connectivity index (χ1v) is 9.34. The quantitative estimate of drug-likeness (QED) is 0.719.